The van der Waals surface area contributed by atoms with Crippen molar-refractivity contribution in [2.24, 2.45) is 23.7 Å². The molecule has 2 aromatic heterocycles. The lowest BCUT2D eigenvalue weighted by Gasteiger charge is -2.09. The van der Waals surface area contributed by atoms with Gasteiger partial charge in [-0.1, -0.05) is 6.07 Å². The molecule has 0 saturated heterocycles. The zero-order chi connectivity index (χ0) is 13.3. The molecule has 2 heterocycles. The number of nitrogen functional groups attached to an aromatic ring is 1. The Morgan fingerprint density at radius 1 is 1.20 bits per heavy atom. The topological polar surface area (TPSA) is 67.6 Å². The highest BCUT2D eigenvalue weighted by molar-refractivity contribution is 5.76. The Balaban J connectivity index is 1.58. The quantitative estimate of drug-likeness (QED) is 0.878. The number of H-pyrrole nitrogens is 1. The van der Waals surface area contributed by atoms with Gasteiger partial charge in [0.2, 0.25) is 0 Å². The van der Waals surface area contributed by atoms with Crippen LogP contribution < -0.4 is 5.73 Å². The first-order valence-electron chi connectivity index (χ1n) is 7.58. The summed E-state index contributed by atoms with van der Waals surface area (Å²) in [7, 11) is 0. The smallest absolute Gasteiger partial charge is 0.153 e. The minimum absolute atomic E-state index is 0.616. The van der Waals surface area contributed by atoms with Crippen LogP contribution in [0.3, 0.4) is 0 Å². The van der Waals surface area contributed by atoms with E-state index in [2.05, 4.69) is 21.2 Å². The van der Waals surface area contributed by atoms with Crippen molar-refractivity contribution in [3.63, 3.8) is 0 Å². The van der Waals surface area contributed by atoms with Crippen molar-refractivity contribution in [1.29, 1.82) is 0 Å². The van der Waals surface area contributed by atoms with Gasteiger partial charge < -0.3 is 5.73 Å². The molecule has 5 rings (SSSR count). The number of fused-ring (bicyclic) bond motifs is 5. The molecule has 2 bridgehead atoms. The number of aromatic nitrogens is 3. The molecule has 20 heavy (non-hydrogen) atoms. The Bertz CT molecular complexity index is 646. The zero-order valence-corrected chi connectivity index (χ0v) is 11.3. The van der Waals surface area contributed by atoms with E-state index in [1.54, 1.807) is 6.20 Å². The summed E-state index contributed by atoms with van der Waals surface area (Å²) >= 11 is 0. The highest BCUT2D eigenvalue weighted by Gasteiger charge is 2.66. The molecule has 0 spiro atoms. The summed E-state index contributed by atoms with van der Waals surface area (Å²) in [6.07, 6.45) is 8.03. The molecule has 102 valence electrons. The lowest BCUT2D eigenvalue weighted by atomic mass is 9.96. The minimum atomic E-state index is 0.616. The maximum atomic E-state index is 6.10. The molecule has 3 aliphatic rings. The number of aromatic amines is 1. The van der Waals surface area contributed by atoms with E-state index < -0.39 is 0 Å². The monoisotopic (exact) mass is 266 g/mol. The van der Waals surface area contributed by atoms with E-state index in [1.807, 2.05) is 12.3 Å². The molecule has 0 aliphatic heterocycles. The van der Waals surface area contributed by atoms with E-state index in [0.29, 0.717) is 11.7 Å². The molecule has 3 saturated carbocycles. The largest absolute Gasteiger partial charge is 0.382 e. The molecule has 3 N–H and O–H groups in total. The first-order chi connectivity index (χ1) is 9.84. The van der Waals surface area contributed by atoms with Gasteiger partial charge in [-0.15, -0.1) is 0 Å². The molecule has 0 aromatic carbocycles. The fraction of sp³-hybridized carbons (Fsp3) is 0.500. The van der Waals surface area contributed by atoms with Gasteiger partial charge in [0.25, 0.3) is 0 Å². The molecule has 0 amide bonds. The summed E-state index contributed by atoms with van der Waals surface area (Å²) in [6.45, 7) is 0. The molecule has 4 atom stereocenters. The van der Waals surface area contributed by atoms with Gasteiger partial charge in [0.15, 0.2) is 5.82 Å². The summed E-state index contributed by atoms with van der Waals surface area (Å²) in [5.41, 5.74) is 9.55. The van der Waals surface area contributed by atoms with E-state index in [9.17, 15) is 0 Å². The molecular formula is C16H18N4. The lowest BCUT2D eigenvalue weighted by Crippen LogP contribution is -1.99. The maximum Gasteiger partial charge on any atom is 0.153 e. The number of nitrogens with zero attached hydrogens (tertiary/aromatic N) is 2. The average Bonchev–Trinajstić information content (AvgIpc) is 2.80. The van der Waals surface area contributed by atoms with E-state index in [0.717, 1.165) is 34.8 Å². The van der Waals surface area contributed by atoms with Crippen molar-refractivity contribution >= 4 is 5.82 Å². The molecule has 0 radical (unpaired) electrons. The van der Waals surface area contributed by atoms with E-state index in [-0.39, 0.29) is 0 Å². The van der Waals surface area contributed by atoms with Gasteiger partial charge in [-0.05, 0) is 49.0 Å². The van der Waals surface area contributed by atoms with Crippen molar-refractivity contribution in [2.75, 3.05) is 5.73 Å². The Morgan fingerprint density at radius 3 is 2.70 bits per heavy atom. The fourth-order valence-electron chi connectivity index (χ4n) is 5.14. The first kappa shape index (κ1) is 10.9. The van der Waals surface area contributed by atoms with Crippen molar-refractivity contribution in [1.82, 2.24) is 15.2 Å². The van der Waals surface area contributed by atoms with Crippen LogP contribution in [0.5, 0.6) is 0 Å². The van der Waals surface area contributed by atoms with Crippen LogP contribution in [0.15, 0.2) is 24.5 Å². The van der Waals surface area contributed by atoms with Gasteiger partial charge in [-0.2, -0.15) is 5.10 Å². The number of nitrogens with two attached hydrogens (primary N) is 1. The van der Waals surface area contributed by atoms with Crippen molar-refractivity contribution in [2.45, 2.75) is 25.2 Å². The second-order valence-corrected chi connectivity index (χ2v) is 6.65. The molecule has 3 aliphatic carbocycles. The van der Waals surface area contributed by atoms with Crippen LogP contribution >= 0.6 is 0 Å². The maximum absolute atomic E-state index is 6.10. The Morgan fingerprint density at radius 2 is 2.00 bits per heavy atom. The van der Waals surface area contributed by atoms with Crippen molar-refractivity contribution < 1.29 is 0 Å². The average molecular weight is 266 g/mol. The van der Waals surface area contributed by atoms with Gasteiger partial charge in [-0.3, -0.25) is 10.1 Å². The van der Waals surface area contributed by atoms with Gasteiger partial charge in [0, 0.05) is 35.1 Å². The Labute approximate surface area is 117 Å². The fourth-order valence-corrected chi connectivity index (χ4v) is 5.14. The van der Waals surface area contributed by atoms with Crippen LogP contribution in [-0.4, -0.2) is 15.2 Å². The summed E-state index contributed by atoms with van der Waals surface area (Å²) in [6, 6.07) is 4.04. The first-order valence-corrected chi connectivity index (χ1v) is 7.58. The van der Waals surface area contributed by atoms with Crippen LogP contribution in [0, 0.1) is 23.7 Å². The number of pyridine rings is 1. The number of anilines is 1. The molecule has 4 nitrogen and oxygen atoms in total. The summed E-state index contributed by atoms with van der Waals surface area (Å²) in [4.78, 5) is 4.22. The summed E-state index contributed by atoms with van der Waals surface area (Å²) < 4.78 is 0. The number of nitrogens with one attached hydrogen (secondary N) is 1. The highest BCUT2D eigenvalue weighted by Crippen LogP contribution is 2.73. The van der Waals surface area contributed by atoms with Crippen LogP contribution in [0.1, 0.15) is 30.9 Å². The predicted octanol–water partition coefficient (Wildman–Crippen LogP) is 2.81. The standard InChI is InChI=1S/C16H18N4/c17-16-13(10-2-1-5-18-7-10)15(19-20-16)14-11-8-3-4-9(6-8)12(11)14/h1-2,5,7-9,11-12,14H,3-4,6H2,(H3,17,19,20). The minimum Gasteiger partial charge on any atom is -0.382 e. The SMILES string of the molecule is Nc1n[nH]c(C2C3C4CCC(C4)C23)c1-c1cccnc1. The van der Waals surface area contributed by atoms with Gasteiger partial charge in [0.1, 0.15) is 0 Å². The molecular weight excluding hydrogens is 248 g/mol. The van der Waals surface area contributed by atoms with E-state index in [4.69, 9.17) is 5.73 Å². The normalized spacial score (nSPS) is 37.1. The Hall–Kier alpha value is -1.84. The second-order valence-electron chi connectivity index (χ2n) is 6.65. The summed E-state index contributed by atoms with van der Waals surface area (Å²) in [5.74, 6) is 4.99. The third kappa shape index (κ3) is 1.27. The van der Waals surface area contributed by atoms with Crippen molar-refractivity contribution in [3.8, 4) is 11.1 Å². The molecule has 3 fully saturated rings. The van der Waals surface area contributed by atoms with Gasteiger partial charge in [0.05, 0.1) is 0 Å². The number of hydrogen-bond donors (Lipinski definition) is 2. The molecule has 4 unspecified atom stereocenters. The number of hydrogen-bond acceptors (Lipinski definition) is 3. The second kappa shape index (κ2) is 3.62. The zero-order valence-electron chi connectivity index (χ0n) is 11.3. The third-order valence-electron chi connectivity index (χ3n) is 5.84. The summed E-state index contributed by atoms with van der Waals surface area (Å²) in [5, 5.41) is 7.51. The van der Waals surface area contributed by atoms with E-state index in [1.165, 1.54) is 25.0 Å². The third-order valence-corrected chi connectivity index (χ3v) is 5.84. The number of rotatable bonds is 2. The molecule has 4 heteroatoms. The van der Waals surface area contributed by atoms with E-state index >= 15 is 0 Å². The lowest BCUT2D eigenvalue weighted by molar-refractivity contribution is 0.456. The van der Waals surface area contributed by atoms with Crippen molar-refractivity contribution in [3.05, 3.63) is 30.2 Å². The van der Waals surface area contributed by atoms with Crippen LogP contribution in [-0.2, 0) is 0 Å². The van der Waals surface area contributed by atoms with Crippen LogP contribution in [0.4, 0.5) is 5.82 Å². The predicted molar refractivity (Wildman–Crippen MR) is 76.8 cm³/mol. The Kier molecular flexibility index (Phi) is 1.97. The van der Waals surface area contributed by atoms with Crippen LogP contribution in [0.2, 0.25) is 0 Å². The van der Waals surface area contributed by atoms with Crippen LogP contribution in [0.25, 0.3) is 11.1 Å². The highest BCUT2D eigenvalue weighted by atomic mass is 15.2. The molecule has 2 aromatic rings. The van der Waals surface area contributed by atoms with Gasteiger partial charge in [-0.25, -0.2) is 0 Å². The van der Waals surface area contributed by atoms with Gasteiger partial charge >= 0.3 is 0 Å².